The van der Waals surface area contributed by atoms with Crippen molar-refractivity contribution in [2.75, 3.05) is 19.7 Å². The summed E-state index contributed by atoms with van der Waals surface area (Å²) in [6, 6.07) is 3.11. The maximum atomic E-state index is 13.1. The number of carbonyl (C=O) groups is 1. The first kappa shape index (κ1) is 18.5. The third-order valence-corrected chi connectivity index (χ3v) is 4.25. The van der Waals surface area contributed by atoms with Crippen molar-refractivity contribution in [3.05, 3.63) is 23.9 Å². The largest absolute Gasteiger partial charge is 0.475 e. The van der Waals surface area contributed by atoms with Gasteiger partial charge in [-0.3, -0.25) is 4.79 Å². The molecule has 0 saturated carbocycles. The SMILES string of the molecule is CC(C)Oc1ccc(C(=O)N2CCC(CO)(C(F)(F)F)CC2)cn1. The van der Waals surface area contributed by atoms with Gasteiger partial charge < -0.3 is 14.7 Å². The highest BCUT2D eigenvalue weighted by Gasteiger charge is 2.55. The van der Waals surface area contributed by atoms with E-state index in [-0.39, 0.29) is 37.9 Å². The van der Waals surface area contributed by atoms with Gasteiger partial charge in [-0.05, 0) is 32.8 Å². The Morgan fingerprint density at radius 3 is 2.42 bits per heavy atom. The van der Waals surface area contributed by atoms with E-state index in [0.29, 0.717) is 11.4 Å². The Labute approximate surface area is 138 Å². The molecule has 1 aliphatic heterocycles. The van der Waals surface area contributed by atoms with Crippen LogP contribution < -0.4 is 4.74 Å². The molecule has 1 aliphatic rings. The number of nitrogens with zero attached hydrogens (tertiary/aromatic N) is 2. The number of piperidine rings is 1. The Morgan fingerprint density at radius 2 is 2.00 bits per heavy atom. The van der Waals surface area contributed by atoms with E-state index in [9.17, 15) is 23.1 Å². The maximum Gasteiger partial charge on any atom is 0.396 e. The van der Waals surface area contributed by atoms with Crippen molar-refractivity contribution in [3.8, 4) is 5.88 Å². The number of aromatic nitrogens is 1. The normalized spacial score (nSPS) is 17.9. The van der Waals surface area contributed by atoms with Crippen LogP contribution in [-0.4, -0.2) is 52.9 Å². The van der Waals surface area contributed by atoms with E-state index in [2.05, 4.69) is 4.98 Å². The number of halogens is 3. The smallest absolute Gasteiger partial charge is 0.396 e. The molecular formula is C16H21F3N2O3. The third kappa shape index (κ3) is 3.80. The van der Waals surface area contributed by atoms with Gasteiger partial charge in [0.1, 0.15) is 0 Å². The number of amides is 1. The van der Waals surface area contributed by atoms with E-state index >= 15 is 0 Å². The first-order valence-electron chi connectivity index (χ1n) is 7.78. The predicted octanol–water partition coefficient (Wildman–Crippen LogP) is 2.65. The van der Waals surface area contributed by atoms with Crippen LogP contribution in [0.15, 0.2) is 18.3 Å². The van der Waals surface area contributed by atoms with Crippen molar-refractivity contribution in [3.63, 3.8) is 0 Å². The minimum atomic E-state index is -4.48. The molecule has 0 unspecified atom stereocenters. The van der Waals surface area contributed by atoms with Gasteiger partial charge in [0.2, 0.25) is 5.88 Å². The highest BCUT2D eigenvalue weighted by Crippen LogP contribution is 2.45. The summed E-state index contributed by atoms with van der Waals surface area (Å²) in [6.07, 6.45) is -3.77. The first-order chi connectivity index (χ1) is 11.2. The summed E-state index contributed by atoms with van der Waals surface area (Å²) >= 11 is 0. The van der Waals surface area contributed by atoms with Gasteiger partial charge in [0.05, 0.1) is 23.7 Å². The zero-order chi connectivity index (χ0) is 18.0. The molecule has 1 aromatic rings. The molecular weight excluding hydrogens is 325 g/mol. The van der Waals surface area contributed by atoms with E-state index in [4.69, 9.17) is 4.74 Å². The topological polar surface area (TPSA) is 62.7 Å². The highest BCUT2D eigenvalue weighted by atomic mass is 19.4. The van der Waals surface area contributed by atoms with E-state index in [0.717, 1.165) is 0 Å². The second-order valence-electron chi connectivity index (χ2n) is 6.28. The standard InChI is InChI=1S/C16H21F3N2O3/c1-11(2)24-13-4-3-12(9-20-13)14(23)21-7-5-15(10-22,6-8-21)16(17,18)19/h3-4,9,11,22H,5-8,10H2,1-2H3. The highest BCUT2D eigenvalue weighted by molar-refractivity contribution is 5.94. The Hall–Kier alpha value is -1.83. The van der Waals surface area contributed by atoms with Crippen LogP contribution in [0.5, 0.6) is 5.88 Å². The number of ether oxygens (including phenoxy) is 1. The third-order valence-electron chi connectivity index (χ3n) is 4.25. The van der Waals surface area contributed by atoms with Crippen LogP contribution in [0, 0.1) is 5.41 Å². The van der Waals surface area contributed by atoms with Crippen molar-refractivity contribution in [1.82, 2.24) is 9.88 Å². The van der Waals surface area contributed by atoms with Crippen LogP contribution >= 0.6 is 0 Å². The predicted molar refractivity (Wildman–Crippen MR) is 80.7 cm³/mol. The lowest BCUT2D eigenvalue weighted by molar-refractivity contribution is -0.247. The van der Waals surface area contributed by atoms with Gasteiger partial charge in [0, 0.05) is 25.4 Å². The number of hydrogen-bond donors (Lipinski definition) is 1. The molecule has 1 saturated heterocycles. The van der Waals surface area contributed by atoms with Gasteiger partial charge in [0.15, 0.2) is 0 Å². The van der Waals surface area contributed by atoms with E-state index in [1.54, 1.807) is 12.1 Å². The Balaban J connectivity index is 2.02. The second kappa shape index (κ2) is 6.96. The molecule has 0 aliphatic carbocycles. The van der Waals surface area contributed by atoms with E-state index < -0.39 is 18.2 Å². The number of hydrogen-bond acceptors (Lipinski definition) is 4. The Morgan fingerprint density at radius 1 is 1.38 bits per heavy atom. The van der Waals surface area contributed by atoms with Gasteiger partial charge in [-0.1, -0.05) is 0 Å². The Bertz CT molecular complexity index is 565. The van der Waals surface area contributed by atoms with Gasteiger partial charge in [-0.15, -0.1) is 0 Å². The molecule has 24 heavy (non-hydrogen) atoms. The monoisotopic (exact) mass is 346 g/mol. The van der Waals surface area contributed by atoms with Crippen LogP contribution in [-0.2, 0) is 0 Å². The fourth-order valence-electron chi connectivity index (χ4n) is 2.67. The van der Waals surface area contributed by atoms with Gasteiger partial charge >= 0.3 is 6.18 Å². The molecule has 1 aromatic heterocycles. The lowest BCUT2D eigenvalue weighted by atomic mass is 9.78. The minimum Gasteiger partial charge on any atom is -0.475 e. The van der Waals surface area contributed by atoms with Crippen LogP contribution in [0.4, 0.5) is 13.2 Å². The summed E-state index contributed by atoms with van der Waals surface area (Å²) in [5.74, 6) is 0.0175. The molecule has 1 amide bonds. The van der Waals surface area contributed by atoms with Crippen LogP contribution in [0.2, 0.25) is 0 Å². The molecule has 5 nitrogen and oxygen atoms in total. The first-order valence-corrected chi connectivity index (χ1v) is 7.78. The molecule has 1 fully saturated rings. The molecule has 2 heterocycles. The van der Waals surface area contributed by atoms with Crippen LogP contribution in [0.3, 0.4) is 0 Å². The average Bonchev–Trinajstić information content (AvgIpc) is 2.53. The number of aliphatic hydroxyl groups is 1. The average molecular weight is 346 g/mol. The van der Waals surface area contributed by atoms with Gasteiger partial charge in [-0.25, -0.2) is 4.98 Å². The van der Waals surface area contributed by atoms with E-state index in [1.165, 1.54) is 11.1 Å². The number of alkyl halides is 3. The lowest BCUT2D eigenvalue weighted by Crippen LogP contribution is -2.51. The Kier molecular flexibility index (Phi) is 5.37. The van der Waals surface area contributed by atoms with Crippen molar-refractivity contribution in [2.24, 2.45) is 5.41 Å². The van der Waals surface area contributed by atoms with Crippen molar-refractivity contribution in [2.45, 2.75) is 39.0 Å². The molecule has 134 valence electrons. The lowest BCUT2D eigenvalue weighted by Gasteiger charge is -2.41. The number of likely N-dealkylation sites (tertiary alicyclic amines) is 1. The van der Waals surface area contributed by atoms with E-state index in [1.807, 2.05) is 13.8 Å². The number of carbonyl (C=O) groups excluding carboxylic acids is 1. The van der Waals surface area contributed by atoms with Crippen LogP contribution in [0.25, 0.3) is 0 Å². The quantitative estimate of drug-likeness (QED) is 0.910. The zero-order valence-corrected chi connectivity index (χ0v) is 13.6. The minimum absolute atomic E-state index is 0.0462. The molecule has 0 aromatic carbocycles. The zero-order valence-electron chi connectivity index (χ0n) is 13.6. The number of pyridine rings is 1. The molecule has 0 spiro atoms. The molecule has 1 N–H and O–H groups in total. The van der Waals surface area contributed by atoms with Crippen molar-refractivity contribution in [1.29, 1.82) is 0 Å². The van der Waals surface area contributed by atoms with Gasteiger partial charge in [-0.2, -0.15) is 13.2 Å². The summed E-state index contributed by atoms with van der Waals surface area (Å²) in [5, 5.41) is 9.17. The summed E-state index contributed by atoms with van der Waals surface area (Å²) in [6.45, 7) is 2.64. The summed E-state index contributed by atoms with van der Waals surface area (Å²) < 4.78 is 44.7. The second-order valence-corrected chi connectivity index (χ2v) is 6.28. The fraction of sp³-hybridized carbons (Fsp3) is 0.625. The summed E-state index contributed by atoms with van der Waals surface area (Å²) in [7, 11) is 0. The van der Waals surface area contributed by atoms with Gasteiger partial charge in [0.25, 0.3) is 5.91 Å². The number of aliphatic hydroxyl groups excluding tert-OH is 1. The molecule has 0 radical (unpaired) electrons. The summed E-state index contributed by atoms with van der Waals surface area (Å²) in [4.78, 5) is 17.8. The summed E-state index contributed by atoms with van der Waals surface area (Å²) in [5.41, 5.74) is -1.81. The molecule has 0 atom stereocenters. The number of rotatable bonds is 4. The molecule has 2 rings (SSSR count). The molecule has 8 heteroatoms. The molecule has 0 bridgehead atoms. The fourth-order valence-corrected chi connectivity index (χ4v) is 2.67. The van der Waals surface area contributed by atoms with Crippen LogP contribution in [0.1, 0.15) is 37.0 Å². The maximum absolute atomic E-state index is 13.1. The van der Waals surface area contributed by atoms with Crippen molar-refractivity contribution < 1.29 is 27.8 Å². The van der Waals surface area contributed by atoms with Crippen molar-refractivity contribution >= 4 is 5.91 Å².